The average Bonchev–Trinajstić information content (AvgIpc) is 2.78. The fourth-order valence-corrected chi connectivity index (χ4v) is 2.55. The van der Waals surface area contributed by atoms with Gasteiger partial charge in [0.25, 0.3) is 5.56 Å². The van der Waals surface area contributed by atoms with E-state index in [-0.39, 0.29) is 17.0 Å². The number of carbonyl (C=O) groups is 1. The summed E-state index contributed by atoms with van der Waals surface area (Å²) in [6.45, 7) is 9.61. The zero-order chi connectivity index (χ0) is 18.8. The molecule has 2 N–H and O–H groups in total. The van der Waals surface area contributed by atoms with Gasteiger partial charge >= 0.3 is 0 Å². The molecule has 0 saturated carbocycles. The van der Waals surface area contributed by atoms with Crippen molar-refractivity contribution in [1.29, 1.82) is 0 Å². The molecule has 0 bridgehead atoms. The predicted molar refractivity (Wildman–Crippen MR) is 101 cm³/mol. The van der Waals surface area contributed by atoms with Crippen molar-refractivity contribution in [2.24, 2.45) is 7.05 Å². The Kier molecular flexibility index (Phi) is 5.40. The second-order valence-corrected chi connectivity index (χ2v) is 7.03. The van der Waals surface area contributed by atoms with Crippen LogP contribution in [0.1, 0.15) is 39.8 Å². The molecule has 2 rings (SSSR count). The number of amides is 1. The average molecular weight is 344 g/mol. The van der Waals surface area contributed by atoms with Crippen molar-refractivity contribution in [2.45, 2.75) is 52.6 Å². The number of aromatic nitrogens is 2. The summed E-state index contributed by atoms with van der Waals surface area (Å²) in [5, 5.41) is 6.09. The first-order chi connectivity index (χ1) is 11.7. The molecule has 1 unspecified atom stereocenters. The molecule has 0 radical (unpaired) electrons. The van der Waals surface area contributed by atoms with Gasteiger partial charge in [-0.25, -0.2) is 4.68 Å². The Morgan fingerprint density at radius 1 is 1.24 bits per heavy atom. The molecule has 0 aliphatic heterocycles. The number of hydrogen-bond donors (Lipinski definition) is 2. The minimum absolute atomic E-state index is 0.124. The molecular formula is C19H28N4O2. The van der Waals surface area contributed by atoms with Crippen molar-refractivity contribution in [3.05, 3.63) is 46.4 Å². The van der Waals surface area contributed by atoms with E-state index in [9.17, 15) is 9.59 Å². The zero-order valence-corrected chi connectivity index (χ0v) is 15.9. The molecule has 2 aromatic rings. The molecule has 6 nitrogen and oxygen atoms in total. The smallest absolute Gasteiger partial charge is 0.295 e. The minimum atomic E-state index is -0.510. The molecular weight excluding hydrogens is 316 g/mol. The third kappa shape index (κ3) is 3.95. The van der Waals surface area contributed by atoms with Crippen molar-refractivity contribution < 1.29 is 4.79 Å². The zero-order valence-electron chi connectivity index (χ0n) is 15.9. The third-order valence-corrected chi connectivity index (χ3v) is 4.65. The number of benzene rings is 1. The van der Waals surface area contributed by atoms with E-state index in [4.69, 9.17) is 0 Å². The monoisotopic (exact) mass is 344 g/mol. The van der Waals surface area contributed by atoms with Gasteiger partial charge in [0.1, 0.15) is 11.7 Å². The van der Waals surface area contributed by atoms with Gasteiger partial charge in [0, 0.05) is 12.6 Å². The van der Waals surface area contributed by atoms with Gasteiger partial charge in [-0.3, -0.25) is 14.3 Å². The highest BCUT2D eigenvalue weighted by atomic mass is 16.2. The van der Waals surface area contributed by atoms with Crippen molar-refractivity contribution in [2.75, 3.05) is 5.32 Å². The summed E-state index contributed by atoms with van der Waals surface area (Å²) >= 11 is 0. The summed E-state index contributed by atoms with van der Waals surface area (Å²) in [5.74, 6) is -0.124. The molecule has 1 heterocycles. The second kappa shape index (κ2) is 7.17. The minimum Gasteiger partial charge on any atom is -0.368 e. The molecule has 1 aromatic carbocycles. The Morgan fingerprint density at radius 2 is 1.84 bits per heavy atom. The number of nitrogens with one attached hydrogen (secondary N) is 2. The largest absolute Gasteiger partial charge is 0.368 e. The second-order valence-electron chi connectivity index (χ2n) is 7.03. The topological polar surface area (TPSA) is 68.1 Å². The molecule has 0 aliphatic rings. The molecule has 25 heavy (non-hydrogen) atoms. The normalized spacial score (nSPS) is 12.7. The van der Waals surface area contributed by atoms with Crippen LogP contribution in [-0.4, -0.2) is 26.9 Å². The van der Waals surface area contributed by atoms with Crippen LogP contribution in [0.5, 0.6) is 0 Å². The van der Waals surface area contributed by atoms with E-state index in [1.165, 1.54) is 0 Å². The van der Waals surface area contributed by atoms with Crippen molar-refractivity contribution in [3.8, 4) is 5.69 Å². The van der Waals surface area contributed by atoms with Crippen LogP contribution >= 0.6 is 0 Å². The van der Waals surface area contributed by atoms with E-state index in [1.807, 2.05) is 65.1 Å². The van der Waals surface area contributed by atoms with E-state index in [0.717, 1.165) is 17.8 Å². The molecule has 136 valence electrons. The lowest BCUT2D eigenvalue weighted by Crippen LogP contribution is -2.49. The number of nitrogens with zero attached hydrogens (tertiary/aromatic N) is 2. The molecule has 1 amide bonds. The summed E-state index contributed by atoms with van der Waals surface area (Å²) in [6.07, 6.45) is 0.830. The Hall–Kier alpha value is -2.50. The van der Waals surface area contributed by atoms with Crippen molar-refractivity contribution in [3.63, 3.8) is 0 Å². The molecule has 0 aliphatic carbocycles. The van der Waals surface area contributed by atoms with Crippen LogP contribution < -0.4 is 16.2 Å². The number of hydrogen-bond acceptors (Lipinski definition) is 3. The van der Waals surface area contributed by atoms with Gasteiger partial charge in [0.15, 0.2) is 0 Å². The van der Waals surface area contributed by atoms with Crippen LogP contribution in [0, 0.1) is 6.92 Å². The highest BCUT2D eigenvalue weighted by Crippen LogP contribution is 2.15. The van der Waals surface area contributed by atoms with Crippen LogP contribution in [0.15, 0.2) is 35.1 Å². The van der Waals surface area contributed by atoms with E-state index in [0.29, 0.717) is 5.69 Å². The van der Waals surface area contributed by atoms with Crippen LogP contribution in [-0.2, 0) is 11.8 Å². The summed E-state index contributed by atoms with van der Waals surface area (Å²) in [7, 11) is 1.83. The summed E-state index contributed by atoms with van der Waals surface area (Å²) in [6, 6.07) is 8.93. The van der Waals surface area contributed by atoms with E-state index >= 15 is 0 Å². The Morgan fingerprint density at radius 3 is 2.40 bits per heavy atom. The number of rotatable bonds is 6. The third-order valence-electron chi connectivity index (χ3n) is 4.65. The van der Waals surface area contributed by atoms with Gasteiger partial charge in [-0.05, 0) is 46.2 Å². The standard InChI is InChI=1S/C19H28N4O2/c1-7-19(4,5)21-17(24)13(2)20-16-14(3)22(6)23(18(16)25)15-11-9-8-10-12-15/h8-13,20H,7H2,1-6H3,(H,21,24). The van der Waals surface area contributed by atoms with Gasteiger partial charge < -0.3 is 10.6 Å². The summed E-state index contributed by atoms with van der Waals surface area (Å²) in [4.78, 5) is 25.3. The van der Waals surface area contributed by atoms with Crippen molar-refractivity contribution in [1.82, 2.24) is 14.7 Å². The lowest BCUT2D eigenvalue weighted by molar-refractivity contribution is -0.123. The molecule has 0 fully saturated rings. The predicted octanol–water partition coefficient (Wildman–Crippen LogP) is 2.59. The Bertz CT molecular complexity index is 803. The van der Waals surface area contributed by atoms with Crippen LogP contribution in [0.4, 0.5) is 5.69 Å². The van der Waals surface area contributed by atoms with Gasteiger partial charge in [-0.15, -0.1) is 0 Å². The maximum absolute atomic E-state index is 12.9. The number of carbonyl (C=O) groups excluding carboxylic acids is 1. The molecule has 1 atom stereocenters. The highest BCUT2D eigenvalue weighted by Gasteiger charge is 2.24. The number of anilines is 1. The lowest BCUT2D eigenvalue weighted by atomic mass is 10.0. The molecule has 0 spiro atoms. The van der Waals surface area contributed by atoms with Crippen molar-refractivity contribution >= 4 is 11.6 Å². The maximum atomic E-state index is 12.9. The van der Waals surface area contributed by atoms with Crippen LogP contribution in [0.25, 0.3) is 5.69 Å². The van der Waals surface area contributed by atoms with Gasteiger partial charge in [-0.1, -0.05) is 25.1 Å². The van der Waals surface area contributed by atoms with Crippen LogP contribution in [0.2, 0.25) is 0 Å². The van der Waals surface area contributed by atoms with E-state index in [1.54, 1.807) is 16.3 Å². The fourth-order valence-electron chi connectivity index (χ4n) is 2.55. The molecule has 0 saturated heterocycles. The summed E-state index contributed by atoms with van der Waals surface area (Å²) < 4.78 is 3.39. The fraction of sp³-hybridized carbons (Fsp3) is 0.474. The maximum Gasteiger partial charge on any atom is 0.295 e. The highest BCUT2D eigenvalue weighted by molar-refractivity contribution is 5.84. The Labute approximate surface area is 148 Å². The van der Waals surface area contributed by atoms with Gasteiger partial charge in [-0.2, -0.15) is 0 Å². The number of para-hydroxylation sites is 1. The SMILES string of the molecule is CCC(C)(C)NC(=O)C(C)Nc1c(C)n(C)n(-c2ccccc2)c1=O. The molecule has 6 heteroatoms. The first-order valence-corrected chi connectivity index (χ1v) is 8.60. The van der Waals surface area contributed by atoms with Crippen LogP contribution in [0.3, 0.4) is 0 Å². The van der Waals surface area contributed by atoms with E-state index < -0.39 is 6.04 Å². The van der Waals surface area contributed by atoms with Gasteiger partial charge in [0.2, 0.25) is 5.91 Å². The van der Waals surface area contributed by atoms with E-state index in [2.05, 4.69) is 10.6 Å². The van der Waals surface area contributed by atoms with Gasteiger partial charge in [0.05, 0.1) is 11.4 Å². The molecule has 1 aromatic heterocycles. The first-order valence-electron chi connectivity index (χ1n) is 8.60. The first kappa shape index (κ1) is 18.8. The lowest BCUT2D eigenvalue weighted by Gasteiger charge is -2.26. The Balaban J connectivity index is 2.29. The quantitative estimate of drug-likeness (QED) is 0.846. The summed E-state index contributed by atoms with van der Waals surface area (Å²) in [5.41, 5.74) is 1.57.